The minimum absolute atomic E-state index is 0.254. The lowest BCUT2D eigenvalue weighted by atomic mass is 10.0. The van der Waals surface area contributed by atoms with Crippen LogP contribution in [0, 0.1) is 0 Å². The molecule has 0 unspecified atom stereocenters. The molecule has 1 heterocycles. The highest BCUT2D eigenvalue weighted by atomic mass is 16.4. The first-order valence-corrected chi connectivity index (χ1v) is 8.27. The molecule has 0 aliphatic heterocycles. The number of nitrogens with zero attached hydrogens (tertiary/aromatic N) is 2. The fourth-order valence-electron chi connectivity index (χ4n) is 2.98. The van der Waals surface area contributed by atoms with Gasteiger partial charge in [-0.15, -0.1) is 0 Å². The van der Waals surface area contributed by atoms with E-state index in [0.717, 1.165) is 22.6 Å². The van der Waals surface area contributed by atoms with Crippen molar-refractivity contribution in [3.63, 3.8) is 0 Å². The van der Waals surface area contributed by atoms with Gasteiger partial charge >= 0.3 is 5.97 Å². The second kappa shape index (κ2) is 6.69. The lowest BCUT2D eigenvalue weighted by molar-refractivity contribution is 0.0697. The molecule has 0 aliphatic carbocycles. The first-order chi connectivity index (χ1) is 12.7. The van der Waals surface area contributed by atoms with Crippen LogP contribution in [0.15, 0.2) is 91.0 Å². The van der Waals surface area contributed by atoms with Crippen LogP contribution in [0.5, 0.6) is 0 Å². The average molecular weight is 340 g/mol. The topological polar surface area (TPSA) is 55.1 Å². The number of rotatable bonds is 4. The smallest absolute Gasteiger partial charge is 0.336 e. The minimum Gasteiger partial charge on any atom is -0.478 e. The fraction of sp³-hybridized carbons (Fsp3) is 0. The maximum Gasteiger partial charge on any atom is 0.336 e. The van der Waals surface area contributed by atoms with Crippen molar-refractivity contribution in [2.45, 2.75) is 0 Å². The van der Waals surface area contributed by atoms with Crippen molar-refractivity contribution in [1.29, 1.82) is 0 Å². The molecule has 0 saturated carbocycles. The van der Waals surface area contributed by atoms with E-state index < -0.39 is 5.97 Å². The zero-order valence-corrected chi connectivity index (χ0v) is 13.9. The van der Waals surface area contributed by atoms with Crippen LogP contribution in [0.25, 0.3) is 28.2 Å². The number of aromatic carboxylic acids is 1. The molecule has 0 saturated heterocycles. The van der Waals surface area contributed by atoms with Gasteiger partial charge in [-0.2, -0.15) is 5.10 Å². The zero-order valence-electron chi connectivity index (χ0n) is 13.9. The molecule has 26 heavy (non-hydrogen) atoms. The number of hydrogen-bond acceptors (Lipinski definition) is 2. The molecule has 0 amide bonds. The number of carboxylic acid groups (broad SMARTS) is 1. The van der Waals surface area contributed by atoms with Gasteiger partial charge < -0.3 is 5.11 Å². The summed E-state index contributed by atoms with van der Waals surface area (Å²) in [6.07, 6.45) is 0. The number of carbonyl (C=O) groups is 1. The van der Waals surface area contributed by atoms with Crippen LogP contribution in [0.1, 0.15) is 10.4 Å². The van der Waals surface area contributed by atoms with Gasteiger partial charge in [0.15, 0.2) is 0 Å². The predicted molar refractivity (Wildman–Crippen MR) is 101 cm³/mol. The molecule has 1 N–H and O–H groups in total. The number of aromatic nitrogens is 2. The predicted octanol–water partition coefficient (Wildman–Crippen LogP) is 4.90. The number of hydrogen-bond donors (Lipinski definition) is 1. The quantitative estimate of drug-likeness (QED) is 0.574. The Kier molecular flexibility index (Phi) is 4.07. The third kappa shape index (κ3) is 2.89. The fourth-order valence-corrected chi connectivity index (χ4v) is 2.98. The largest absolute Gasteiger partial charge is 0.478 e. The van der Waals surface area contributed by atoms with E-state index in [1.165, 1.54) is 0 Å². The average Bonchev–Trinajstić information content (AvgIpc) is 3.14. The van der Waals surface area contributed by atoms with Crippen molar-refractivity contribution in [1.82, 2.24) is 9.78 Å². The molecule has 0 atom stereocenters. The van der Waals surface area contributed by atoms with Crippen molar-refractivity contribution in [3.05, 3.63) is 96.6 Å². The second-order valence-electron chi connectivity index (χ2n) is 5.88. The molecule has 0 aliphatic rings. The number of para-hydroxylation sites is 1. The Balaban J connectivity index is 1.97. The van der Waals surface area contributed by atoms with Gasteiger partial charge in [-0.25, -0.2) is 9.48 Å². The first kappa shape index (κ1) is 15.8. The van der Waals surface area contributed by atoms with Gasteiger partial charge in [0.05, 0.1) is 22.6 Å². The summed E-state index contributed by atoms with van der Waals surface area (Å²) in [5.74, 6) is -0.956. The van der Waals surface area contributed by atoms with Crippen molar-refractivity contribution in [2.24, 2.45) is 0 Å². The Morgan fingerprint density at radius 2 is 1.42 bits per heavy atom. The number of carboxylic acids is 1. The van der Waals surface area contributed by atoms with Gasteiger partial charge in [-0.1, -0.05) is 66.7 Å². The van der Waals surface area contributed by atoms with E-state index in [9.17, 15) is 9.90 Å². The highest BCUT2D eigenvalue weighted by Gasteiger charge is 2.18. The van der Waals surface area contributed by atoms with E-state index >= 15 is 0 Å². The Morgan fingerprint density at radius 1 is 0.808 bits per heavy atom. The van der Waals surface area contributed by atoms with E-state index in [1.807, 2.05) is 78.9 Å². The van der Waals surface area contributed by atoms with Crippen LogP contribution < -0.4 is 0 Å². The van der Waals surface area contributed by atoms with Crippen molar-refractivity contribution < 1.29 is 9.90 Å². The number of benzene rings is 3. The highest BCUT2D eigenvalue weighted by Crippen LogP contribution is 2.30. The van der Waals surface area contributed by atoms with E-state index in [-0.39, 0.29) is 5.56 Å². The molecule has 0 spiro atoms. The third-order valence-electron chi connectivity index (χ3n) is 4.21. The summed E-state index contributed by atoms with van der Waals surface area (Å²) < 4.78 is 1.80. The van der Waals surface area contributed by atoms with Gasteiger partial charge in [0, 0.05) is 11.1 Å². The van der Waals surface area contributed by atoms with Crippen LogP contribution in [-0.4, -0.2) is 20.9 Å². The van der Waals surface area contributed by atoms with E-state index in [1.54, 1.807) is 16.8 Å². The first-order valence-electron chi connectivity index (χ1n) is 8.27. The third-order valence-corrected chi connectivity index (χ3v) is 4.21. The molecular formula is C22H16N2O2. The molecule has 4 rings (SSSR count). The SMILES string of the molecule is O=C(O)c1ccccc1-c1cc(-c2ccccc2)nn1-c1ccccc1. The van der Waals surface area contributed by atoms with Gasteiger partial charge in [-0.3, -0.25) is 0 Å². The van der Waals surface area contributed by atoms with Crippen molar-refractivity contribution in [3.8, 4) is 28.2 Å². The van der Waals surface area contributed by atoms with E-state index in [4.69, 9.17) is 5.10 Å². The van der Waals surface area contributed by atoms with Crippen LogP contribution in [0.3, 0.4) is 0 Å². The van der Waals surface area contributed by atoms with Gasteiger partial charge in [0.1, 0.15) is 0 Å². The van der Waals surface area contributed by atoms with Crippen LogP contribution in [0.4, 0.5) is 0 Å². The molecule has 4 aromatic rings. The maximum atomic E-state index is 11.7. The Labute approximate surface area is 151 Å². The molecule has 3 aromatic carbocycles. The monoisotopic (exact) mass is 340 g/mol. The summed E-state index contributed by atoms with van der Waals surface area (Å²) in [5.41, 5.74) is 4.29. The van der Waals surface area contributed by atoms with Crippen molar-refractivity contribution in [2.75, 3.05) is 0 Å². The molecular weight excluding hydrogens is 324 g/mol. The Hall–Kier alpha value is -3.66. The molecule has 1 aromatic heterocycles. The summed E-state index contributed by atoms with van der Waals surface area (Å²) in [5, 5.41) is 14.3. The molecule has 126 valence electrons. The second-order valence-corrected chi connectivity index (χ2v) is 5.88. The zero-order chi connectivity index (χ0) is 17.9. The highest BCUT2D eigenvalue weighted by molar-refractivity contribution is 5.96. The molecule has 0 bridgehead atoms. The summed E-state index contributed by atoms with van der Waals surface area (Å²) >= 11 is 0. The Morgan fingerprint density at radius 3 is 2.12 bits per heavy atom. The minimum atomic E-state index is -0.956. The Bertz CT molecular complexity index is 1050. The standard InChI is InChI=1S/C22H16N2O2/c25-22(26)19-14-8-7-13-18(19)21-15-20(16-9-3-1-4-10-16)23-24(21)17-11-5-2-6-12-17/h1-15H,(H,25,26). The summed E-state index contributed by atoms with van der Waals surface area (Å²) in [6.45, 7) is 0. The molecule has 4 heteroatoms. The van der Waals surface area contributed by atoms with Gasteiger partial charge in [-0.05, 0) is 24.3 Å². The summed E-state index contributed by atoms with van der Waals surface area (Å²) in [4.78, 5) is 11.7. The van der Waals surface area contributed by atoms with Gasteiger partial charge in [0.25, 0.3) is 0 Å². The lowest BCUT2D eigenvalue weighted by Gasteiger charge is -2.09. The van der Waals surface area contributed by atoms with Crippen LogP contribution in [-0.2, 0) is 0 Å². The van der Waals surface area contributed by atoms with E-state index in [0.29, 0.717) is 5.56 Å². The van der Waals surface area contributed by atoms with Crippen LogP contribution in [0.2, 0.25) is 0 Å². The molecule has 0 radical (unpaired) electrons. The van der Waals surface area contributed by atoms with Gasteiger partial charge in [0.2, 0.25) is 0 Å². The van der Waals surface area contributed by atoms with Crippen LogP contribution >= 0.6 is 0 Å². The normalized spacial score (nSPS) is 10.6. The molecule has 4 nitrogen and oxygen atoms in total. The molecule has 0 fully saturated rings. The van der Waals surface area contributed by atoms with Crippen molar-refractivity contribution >= 4 is 5.97 Å². The maximum absolute atomic E-state index is 11.7. The summed E-state index contributed by atoms with van der Waals surface area (Å²) in [6, 6.07) is 28.5. The summed E-state index contributed by atoms with van der Waals surface area (Å²) in [7, 11) is 0. The lowest BCUT2D eigenvalue weighted by Crippen LogP contribution is -2.04. The van der Waals surface area contributed by atoms with E-state index in [2.05, 4.69) is 0 Å².